The van der Waals surface area contributed by atoms with Gasteiger partial charge in [0.2, 0.25) is 5.91 Å². The van der Waals surface area contributed by atoms with Crippen LogP contribution in [0.4, 0.5) is 0 Å². The van der Waals surface area contributed by atoms with E-state index in [1.54, 1.807) is 6.20 Å². The van der Waals surface area contributed by atoms with Gasteiger partial charge in [0, 0.05) is 43.0 Å². The van der Waals surface area contributed by atoms with Crippen LogP contribution in [0.25, 0.3) is 0 Å². The lowest BCUT2D eigenvalue weighted by molar-refractivity contribution is -0.133. The number of likely N-dealkylation sites (tertiary alicyclic amines) is 1. The molecule has 136 valence electrons. The van der Waals surface area contributed by atoms with Crippen LogP contribution >= 0.6 is 0 Å². The Labute approximate surface area is 153 Å². The largest absolute Gasteiger partial charge is 0.348 e. The van der Waals surface area contributed by atoms with Gasteiger partial charge in [0.25, 0.3) is 5.91 Å². The number of piperidine rings is 1. The molecule has 0 unspecified atom stereocenters. The molecular weight excluding hydrogens is 328 g/mol. The number of hydrogen-bond donors (Lipinski definition) is 1. The van der Waals surface area contributed by atoms with Gasteiger partial charge in [0.15, 0.2) is 0 Å². The van der Waals surface area contributed by atoms with Crippen LogP contribution in [0.1, 0.15) is 41.6 Å². The Balaban J connectivity index is 1.37. The molecule has 1 aromatic heterocycles. The molecule has 2 fully saturated rings. The fourth-order valence-electron chi connectivity index (χ4n) is 3.54. The number of carbonyl (C=O) groups excluding carboxylic acids is 2. The molecule has 0 radical (unpaired) electrons. The normalized spacial score (nSPS) is 20.0. The van der Waals surface area contributed by atoms with Gasteiger partial charge in [-0.25, -0.2) is 0 Å². The van der Waals surface area contributed by atoms with Crippen molar-refractivity contribution in [3.63, 3.8) is 0 Å². The molecule has 1 N–H and O–H groups in total. The van der Waals surface area contributed by atoms with E-state index in [9.17, 15) is 9.59 Å². The molecule has 1 saturated heterocycles. The summed E-state index contributed by atoms with van der Waals surface area (Å²) in [5.41, 5.74) is 1.69. The summed E-state index contributed by atoms with van der Waals surface area (Å²) in [6.07, 6.45) is 7.56. The van der Waals surface area contributed by atoms with E-state index in [2.05, 4.69) is 10.4 Å². The number of nitrogens with one attached hydrogen (secondary N) is 1. The number of hydrogen-bond acceptors (Lipinski definition) is 3. The first-order chi connectivity index (χ1) is 12.7. The van der Waals surface area contributed by atoms with Gasteiger partial charge in [0.05, 0.1) is 6.54 Å². The van der Waals surface area contributed by atoms with Crippen LogP contribution in [-0.2, 0) is 11.3 Å². The first-order valence-corrected chi connectivity index (χ1v) is 9.35. The average Bonchev–Trinajstić information content (AvgIpc) is 3.39. The summed E-state index contributed by atoms with van der Waals surface area (Å²) in [6.45, 7) is 2.09. The highest BCUT2D eigenvalue weighted by molar-refractivity contribution is 5.94. The molecule has 1 aliphatic heterocycles. The summed E-state index contributed by atoms with van der Waals surface area (Å²) < 4.78 is 1.83. The van der Waals surface area contributed by atoms with E-state index in [1.807, 2.05) is 46.1 Å². The standard InChI is InChI=1S/C20H24N4O2/c25-19(17-5-1-4-15(12-17)13-24-11-3-9-21-24)22-18-6-2-10-23(14-18)20(26)16-7-8-16/h1,3-5,9,11-12,16,18H,2,6-8,10,13-14H2,(H,22,25)/t18-/m1/s1. The lowest BCUT2D eigenvalue weighted by atomic mass is 10.0. The Bertz CT molecular complexity index is 783. The second-order valence-corrected chi connectivity index (χ2v) is 7.28. The minimum atomic E-state index is -0.0713. The third-order valence-electron chi connectivity index (χ3n) is 5.09. The molecule has 0 spiro atoms. The van der Waals surface area contributed by atoms with Gasteiger partial charge in [0.1, 0.15) is 0 Å². The van der Waals surface area contributed by atoms with E-state index in [0.29, 0.717) is 18.7 Å². The van der Waals surface area contributed by atoms with Crippen molar-refractivity contribution in [3.05, 3.63) is 53.9 Å². The SMILES string of the molecule is O=C(N[C@@H]1CCCN(C(=O)C2CC2)C1)c1cccc(Cn2cccn2)c1. The smallest absolute Gasteiger partial charge is 0.251 e. The minimum absolute atomic E-state index is 0.0359. The zero-order valence-electron chi connectivity index (χ0n) is 14.8. The molecule has 0 bridgehead atoms. The maximum absolute atomic E-state index is 12.7. The van der Waals surface area contributed by atoms with Crippen molar-refractivity contribution >= 4 is 11.8 Å². The lowest BCUT2D eigenvalue weighted by Crippen LogP contribution is -2.50. The molecule has 1 saturated carbocycles. The van der Waals surface area contributed by atoms with Crippen molar-refractivity contribution in [1.29, 1.82) is 0 Å². The molecule has 6 nitrogen and oxygen atoms in total. The maximum atomic E-state index is 12.7. The molecule has 4 rings (SSSR count). The van der Waals surface area contributed by atoms with E-state index in [0.717, 1.165) is 37.8 Å². The van der Waals surface area contributed by atoms with Crippen LogP contribution < -0.4 is 5.32 Å². The van der Waals surface area contributed by atoms with Crippen molar-refractivity contribution in [2.45, 2.75) is 38.3 Å². The minimum Gasteiger partial charge on any atom is -0.348 e. The third kappa shape index (κ3) is 3.95. The second-order valence-electron chi connectivity index (χ2n) is 7.28. The van der Waals surface area contributed by atoms with Crippen molar-refractivity contribution in [2.24, 2.45) is 5.92 Å². The van der Waals surface area contributed by atoms with Gasteiger partial charge < -0.3 is 10.2 Å². The van der Waals surface area contributed by atoms with Crippen molar-refractivity contribution in [2.75, 3.05) is 13.1 Å². The monoisotopic (exact) mass is 352 g/mol. The van der Waals surface area contributed by atoms with Gasteiger partial charge in [-0.1, -0.05) is 12.1 Å². The molecule has 2 heterocycles. The highest BCUT2D eigenvalue weighted by Gasteiger charge is 2.35. The second kappa shape index (κ2) is 7.32. The van der Waals surface area contributed by atoms with Gasteiger partial charge in [-0.15, -0.1) is 0 Å². The molecule has 2 aliphatic rings. The first kappa shape index (κ1) is 16.8. The molecule has 6 heteroatoms. The van der Waals surface area contributed by atoms with Gasteiger partial charge in [-0.2, -0.15) is 5.10 Å². The van der Waals surface area contributed by atoms with Crippen LogP contribution in [0.2, 0.25) is 0 Å². The summed E-state index contributed by atoms with van der Waals surface area (Å²) in [6, 6.07) is 9.56. The molecule has 1 aliphatic carbocycles. The number of nitrogens with zero attached hydrogens (tertiary/aromatic N) is 3. The van der Waals surface area contributed by atoms with Crippen molar-refractivity contribution < 1.29 is 9.59 Å². The Morgan fingerprint density at radius 2 is 2.08 bits per heavy atom. The first-order valence-electron chi connectivity index (χ1n) is 9.35. The molecular formula is C20H24N4O2. The Hall–Kier alpha value is -2.63. The molecule has 1 atom stereocenters. The van der Waals surface area contributed by atoms with Crippen LogP contribution in [0.3, 0.4) is 0 Å². The number of amides is 2. The molecule has 2 amide bonds. The lowest BCUT2D eigenvalue weighted by Gasteiger charge is -2.33. The van der Waals surface area contributed by atoms with Crippen LogP contribution in [-0.4, -0.2) is 45.6 Å². The van der Waals surface area contributed by atoms with E-state index in [-0.39, 0.29) is 23.8 Å². The van der Waals surface area contributed by atoms with Crippen LogP contribution in [0.5, 0.6) is 0 Å². The summed E-state index contributed by atoms with van der Waals surface area (Å²) in [5.74, 6) is 0.437. The number of rotatable bonds is 5. The zero-order valence-corrected chi connectivity index (χ0v) is 14.8. The van der Waals surface area contributed by atoms with Crippen molar-refractivity contribution in [3.8, 4) is 0 Å². The van der Waals surface area contributed by atoms with Crippen LogP contribution in [0, 0.1) is 5.92 Å². The third-order valence-corrected chi connectivity index (χ3v) is 5.09. The summed E-state index contributed by atoms with van der Waals surface area (Å²) in [5, 5.41) is 7.31. The van der Waals surface area contributed by atoms with E-state index in [1.165, 1.54) is 0 Å². The molecule has 26 heavy (non-hydrogen) atoms. The molecule has 1 aromatic carbocycles. The van der Waals surface area contributed by atoms with E-state index in [4.69, 9.17) is 0 Å². The predicted molar refractivity (Wildman–Crippen MR) is 97.6 cm³/mol. The summed E-state index contributed by atoms with van der Waals surface area (Å²) in [7, 11) is 0. The summed E-state index contributed by atoms with van der Waals surface area (Å²) in [4.78, 5) is 26.8. The zero-order chi connectivity index (χ0) is 17.9. The Kier molecular flexibility index (Phi) is 4.73. The molecule has 2 aromatic rings. The quantitative estimate of drug-likeness (QED) is 0.896. The van der Waals surface area contributed by atoms with Crippen LogP contribution in [0.15, 0.2) is 42.7 Å². The Morgan fingerprint density at radius 3 is 2.85 bits per heavy atom. The van der Waals surface area contributed by atoms with Gasteiger partial charge in [-0.3, -0.25) is 14.3 Å². The maximum Gasteiger partial charge on any atom is 0.251 e. The topological polar surface area (TPSA) is 67.2 Å². The number of benzene rings is 1. The highest BCUT2D eigenvalue weighted by Crippen LogP contribution is 2.31. The summed E-state index contributed by atoms with van der Waals surface area (Å²) >= 11 is 0. The highest BCUT2D eigenvalue weighted by atomic mass is 16.2. The van der Waals surface area contributed by atoms with Gasteiger partial charge in [-0.05, 0) is 49.4 Å². The Morgan fingerprint density at radius 1 is 1.19 bits per heavy atom. The van der Waals surface area contributed by atoms with Crippen molar-refractivity contribution in [1.82, 2.24) is 20.0 Å². The number of aromatic nitrogens is 2. The van der Waals surface area contributed by atoms with E-state index >= 15 is 0 Å². The van der Waals surface area contributed by atoms with Gasteiger partial charge >= 0.3 is 0 Å². The van der Waals surface area contributed by atoms with E-state index < -0.39 is 0 Å². The fourth-order valence-corrected chi connectivity index (χ4v) is 3.54. The fraction of sp³-hybridized carbons (Fsp3) is 0.450. The number of carbonyl (C=O) groups is 2. The predicted octanol–water partition coefficient (Wildman–Crippen LogP) is 2.06. The average molecular weight is 352 g/mol.